The maximum absolute atomic E-state index is 13.9. The van der Waals surface area contributed by atoms with Gasteiger partial charge in [0.15, 0.2) is 11.6 Å². The summed E-state index contributed by atoms with van der Waals surface area (Å²) in [6.07, 6.45) is 3.93. The van der Waals surface area contributed by atoms with Gasteiger partial charge in [-0.2, -0.15) is 0 Å². The molecule has 1 saturated carbocycles. The molecule has 3 nitrogen and oxygen atoms in total. The Kier molecular flexibility index (Phi) is 4.01. The number of halogens is 2. The molecule has 0 heterocycles. The number of hydrogen-bond acceptors (Lipinski definition) is 3. The first-order valence-corrected chi connectivity index (χ1v) is 6.25. The molecular formula is C13H18F2N2O. The second kappa shape index (κ2) is 5.52. The third kappa shape index (κ3) is 2.56. The van der Waals surface area contributed by atoms with E-state index in [0.717, 1.165) is 37.8 Å². The molecule has 5 heteroatoms. The van der Waals surface area contributed by atoms with E-state index in [2.05, 4.69) is 0 Å². The summed E-state index contributed by atoms with van der Waals surface area (Å²) >= 11 is 0. The number of rotatable bonds is 4. The molecule has 0 spiro atoms. The Morgan fingerprint density at radius 2 is 1.78 bits per heavy atom. The number of aliphatic hydroxyl groups excluding tert-OH is 1. The maximum atomic E-state index is 13.9. The fourth-order valence-corrected chi connectivity index (χ4v) is 2.66. The lowest BCUT2D eigenvalue weighted by atomic mass is 10.1. The number of hydrogen-bond donors (Lipinski definition) is 2. The first kappa shape index (κ1) is 13.1. The summed E-state index contributed by atoms with van der Waals surface area (Å²) in [5, 5.41) is 9.08. The summed E-state index contributed by atoms with van der Waals surface area (Å²) in [6.45, 7) is 0.113. The Bertz CT molecular complexity index is 396. The topological polar surface area (TPSA) is 49.5 Å². The second-order valence-corrected chi connectivity index (χ2v) is 4.69. The molecule has 0 atom stereocenters. The van der Waals surface area contributed by atoms with Crippen molar-refractivity contribution in [1.29, 1.82) is 0 Å². The molecule has 2 rings (SSSR count). The first-order chi connectivity index (χ1) is 8.63. The van der Waals surface area contributed by atoms with E-state index in [1.807, 2.05) is 0 Å². The van der Waals surface area contributed by atoms with Crippen LogP contribution in [0.3, 0.4) is 0 Å². The average Bonchev–Trinajstić information content (AvgIpc) is 2.79. The lowest BCUT2D eigenvalue weighted by Crippen LogP contribution is -2.37. The van der Waals surface area contributed by atoms with Crippen molar-refractivity contribution in [3.63, 3.8) is 0 Å². The molecule has 100 valence electrons. The highest BCUT2D eigenvalue weighted by atomic mass is 19.1. The van der Waals surface area contributed by atoms with Gasteiger partial charge in [0.25, 0.3) is 0 Å². The highest BCUT2D eigenvalue weighted by Crippen LogP contribution is 2.32. The fourth-order valence-electron chi connectivity index (χ4n) is 2.66. The molecule has 0 unspecified atom stereocenters. The maximum Gasteiger partial charge on any atom is 0.151 e. The largest absolute Gasteiger partial charge is 0.399 e. The van der Waals surface area contributed by atoms with Crippen LogP contribution in [-0.2, 0) is 0 Å². The molecule has 0 bridgehead atoms. The van der Waals surface area contributed by atoms with Gasteiger partial charge >= 0.3 is 0 Å². The highest BCUT2D eigenvalue weighted by molar-refractivity contribution is 5.56. The monoisotopic (exact) mass is 256 g/mol. The van der Waals surface area contributed by atoms with Crippen LogP contribution in [0.4, 0.5) is 20.2 Å². The van der Waals surface area contributed by atoms with E-state index >= 15 is 0 Å². The van der Waals surface area contributed by atoms with Crippen LogP contribution in [0.15, 0.2) is 12.1 Å². The Hall–Kier alpha value is -1.36. The molecule has 1 fully saturated rings. The van der Waals surface area contributed by atoms with Gasteiger partial charge in [0, 0.05) is 18.3 Å². The lowest BCUT2D eigenvalue weighted by molar-refractivity contribution is 0.296. The van der Waals surface area contributed by atoms with Crippen molar-refractivity contribution in [2.24, 2.45) is 0 Å². The zero-order chi connectivity index (χ0) is 13.1. The van der Waals surface area contributed by atoms with Crippen molar-refractivity contribution in [2.45, 2.75) is 31.7 Å². The summed E-state index contributed by atoms with van der Waals surface area (Å²) in [6, 6.07) is 2.35. The van der Waals surface area contributed by atoms with Crippen LogP contribution in [0.1, 0.15) is 25.7 Å². The molecule has 3 N–H and O–H groups in total. The van der Waals surface area contributed by atoms with Crippen molar-refractivity contribution >= 4 is 11.4 Å². The summed E-state index contributed by atoms with van der Waals surface area (Å²) in [5.41, 5.74) is 5.42. The third-order valence-corrected chi connectivity index (χ3v) is 3.43. The molecule has 0 amide bonds. The summed E-state index contributed by atoms with van der Waals surface area (Å²) in [5.74, 6) is -1.32. The molecule has 1 aromatic carbocycles. The molecular weight excluding hydrogens is 238 g/mol. The van der Waals surface area contributed by atoms with Gasteiger partial charge in [-0.3, -0.25) is 0 Å². The van der Waals surface area contributed by atoms with Crippen LogP contribution < -0.4 is 10.6 Å². The van der Waals surface area contributed by atoms with E-state index in [1.54, 1.807) is 4.90 Å². The fraction of sp³-hybridized carbons (Fsp3) is 0.538. The van der Waals surface area contributed by atoms with Gasteiger partial charge in [0.2, 0.25) is 0 Å². The number of nitrogens with zero attached hydrogens (tertiary/aromatic N) is 1. The van der Waals surface area contributed by atoms with Crippen molar-refractivity contribution in [1.82, 2.24) is 0 Å². The molecule has 1 aliphatic rings. The van der Waals surface area contributed by atoms with Crippen LogP contribution in [0, 0.1) is 11.6 Å². The Labute approximate surface area is 105 Å². The minimum Gasteiger partial charge on any atom is -0.399 e. The Morgan fingerprint density at radius 1 is 1.22 bits per heavy atom. The van der Waals surface area contributed by atoms with E-state index < -0.39 is 11.6 Å². The quantitative estimate of drug-likeness (QED) is 0.813. The van der Waals surface area contributed by atoms with Crippen molar-refractivity contribution in [3.8, 4) is 0 Å². The van der Waals surface area contributed by atoms with Crippen LogP contribution in [-0.4, -0.2) is 24.3 Å². The molecule has 0 aliphatic heterocycles. The van der Waals surface area contributed by atoms with E-state index in [0.29, 0.717) is 0 Å². The summed E-state index contributed by atoms with van der Waals surface area (Å²) < 4.78 is 27.8. The smallest absolute Gasteiger partial charge is 0.151 e. The summed E-state index contributed by atoms with van der Waals surface area (Å²) in [7, 11) is 0. The van der Waals surface area contributed by atoms with Crippen LogP contribution in [0.25, 0.3) is 0 Å². The number of nitrogens with two attached hydrogens (primary N) is 1. The molecule has 1 aromatic rings. The van der Waals surface area contributed by atoms with Gasteiger partial charge in [-0.15, -0.1) is 0 Å². The normalized spacial score (nSPS) is 16.2. The van der Waals surface area contributed by atoms with Crippen molar-refractivity contribution in [3.05, 3.63) is 23.8 Å². The predicted molar refractivity (Wildman–Crippen MR) is 67.5 cm³/mol. The van der Waals surface area contributed by atoms with Crippen LogP contribution in [0.5, 0.6) is 0 Å². The molecule has 0 aromatic heterocycles. The van der Waals surface area contributed by atoms with Gasteiger partial charge in [-0.05, 0) is 25.0 Å². The number of aliphatic hydroxyl groups is 1. The van der Waals surface area contributed by atoms with Crippen LogP contribution >= 0.6 is 0 Å². The number of nitrogen functional groups attached to an aromatic ring is 1. The molecule has 0 saturated heterocycles. The summed E-state index contributed by atoms with van der Waals surface area (Å²) in [4.78, 5) is 1.64. The van der Waals surface area contributed by atoms with Gasteiger partial charge in [-0.1, -0.05) is 12.8 Å². The Balaban J connectivity index is 2.35. The van der Waals surface area contributed by atoms with Gasteiger partial charge in [-0.25, -0.2) is 8.78 Å². The minimum absolute atomic E-state index is 0.0647. The van der Waals surface area contributed by atoms with Gasteiger partial charge < -0.3 is 15.7 Å². The van der Waals surface area contributed by atoms with Crippen LogP contribution in [0.2, 0.25) is 0 Å². The molecule has 1 aliphatic carbocycles. The van der Waals surface area contributed by atoms with Crippen molar-refractivity contribution in [2.75, 3.05) is 23.8 Å². The Morgan fingerprint density at radius 3 is 2.28 bits per heavy atom. The van der Waals surface area contributed by atoms with Crippen molar-refractivity contribution < 1.29 is 13.9 Å². The average molecular weight is 256 g/mol. The van der Waals surface area contributed by atoms with E-state index in [1.165, 1.54) is 0 Å². The SMILES string of the molecule is Nc1cc(F)c(N(CCO)C2CCCC2)c(F)c1. The van der Waals surface area contributed by atoms with Gasteiger partial charge in [0.1, 0.15) is 5.69 Å². The molecule has 0 radical (unpaired) electrons. The second-order valence-electron chi connectivity index (χ2n) is 4.69. The third-order valence-electron chi connectivity index (χ3n) is 3.43. The van der Waals surface area contributed by atoms with E-state index in [4.69, 9.17) is 10.8 Å². The predicted octanol–water partition coefficient (Wildman–Crippen LogP) is 2.29. The number of benzene rings is 1. The van der Waals surface area contributed by atoms with E-state index in [-0.39, 0.29) is 30.6 Å². The molecule has 18 heavy (non-hydrogen) atoms. The lowest BCUT2D eigenvalue weighted by Gasteiger charge is -2.31. The standard InChI is InChI=1S/C13H18F2N2O/c14-11-7-9(16)8-12(15)13(11)17(5-6-18)10-3-1-2-4-10/h7-8,10,18H,1-6,16H2. The first-order valence-electron chi connectivity index (χ1n) is 6.25. The minimum atomic E-state index is -0.659. The van der Waals surface area contributed by atoms with Gasteiger partial charge in [0.05, 0.1) is 6.61 Å². The zero-order valence-corrected chi connectivity index (χ0v) is 10.2. The zero-order valence-electron chi connectivity index (χ0n) is 10.2. The van der Waals surface area contributed by atoms with E-state index in [9.17, 15) is 8.78 Å². The highest BCUT2D eigenvalue weighted by Gasteiger charge is 2.27. The number of anilines is 2.